The van der Waals surface area contributed by atoms with Gasteiger partial charge in [0.1, 0.15) is 23.4 Å². The third-order valence-corrected chi connectivity index (χ3v) is 3.68. The quantitative estimate of drug-likeness (QED) is 0.863. The van der Waals surface area contributed by atoms with Gasteiger partial charge in [-0.05, 0) is 13.8 Å². The number of hydrogen-bond acceptors (Lipinski definition) is 5. The first-order valence-electron chi connectivity index (χ1n) is 6.52. The van der Waals surface area contributed by atoms with E-state index in [0.717, 1.165) is 0 Å². The van der Waals surface area contributed by atoms with Gasteiger partial charge in [-0.25, -0.2) is 0 Å². The average Bonchev–Trinajstić information content (AvgIpc) is 2.97. The van der Waals surface area contributed by atoms with Crippen LogP contribution in [0, 0.1) is 24.2 Å². The summed E-state index contributed by atoms with van der Waals surface area (Å²) in [5, 5.41) is 22.8. The van der Waals surface area contributed by atoms with Gasteiger partial charge in [0.2, 0.25) is 0 Å². The molecule has 7 nitrogen and oxygen atoms in total. The van der Waals surface area contributed by atoms with Gasteiger partial charge in [0.25, 0.3) is 0 Å². The summed E-state index contributed by atoms with van der Waals surface area (Å²) in [7, 11) is 1.76. The first-order chi connectivity index (χ1) is 9.51. The van der Waals surface area contributed by atoms with Crippen LogP contribution in [0.2, 0.25) is 0 Å². The van der Waals surface area contributed by atoms with Gasteiger partial charge >= 0.3 is 5.97 Å². The lowest BCUT2D eigenvalue weighted by molar-refractivity contribution is -0.141. The van der Waals surface area contributed by atoms with Gasteiger partial charge in [0.05, 0.1) is 24.9 Å². The minimum absolute atomic E-state index is 0.204. The molecule has 1 aromatic heterocycles. The molecule has 0 radical (unpaired) electrons. The number of rotatable bonds is 4. The fourth-order valence-electron chi connectivity index (χ4n) is 2.73. The monoisotopic (exact) mass is 278 g/mol. The summed E-state index contributed by atoms with van der Waals surface area (Å²) in [5.74, 6) is -0.797. The van der Waals surface area contributed by atoms with E-state index in [2.05, 4.69) is 11.2 Å². The molecule has 0 amide bonds. The van der Waals surface area contributed by atoms with Crippen LogP contribution in [0.25, 0.3) is 0 Å². The second-order valence-electron chi connectivity index (χ2n) is 4.85. The van der Waals surface area contributed by atoms with Crippen LogP contribution in [-0.2, 0) is 16.6 Å². The maximum Gasteiger partial charge on any atom is 0.311 e. The number of carboxylic acids is 1. The van der Waals surface area contributed by atoms with E-state index in [1.165, 1.54) is 0 Å². The molecule has 108 valence electrons. The number of hydrogen-bond donors (Lipinski definition) is 1. The molecule has 1 aromatic rings. The van der Waals surface area contributed by atoms with E-state index < -0.39 is 11.9 Å². The van der Waals surface area contributed by atoms with Crippen molar-refractivity contribution in [1.29, 1.82) is 5.26 Å². The van der Waals surface area contributed by atoms with Crippen LogP contribution in [0.1, 0.15) is 18.2 Å². The van der Waals surface area contributed by atoms with Crippen molar-refractivity contribution < 1.29 is 14.6 Å². The lowest BCUT2D eigenvalue weighted by Gasteiger charge is -2.31. The van der Waals surface area contributed by atoms with Gasteiger partial charge in [-0.3, -0.25) is 9.48 Å². The molecule has 1 aliphatic rings. The van der Waals surface area contributed by atoms with Crippen LogP contribution in [-0.4, -0.2) is 46.7 Å². The number of anilines is 1. The molecule has 0 saturated carbocycles. The first kappa shape index (κ1) is 14.3. The van der Waals surface area contributed by atoms with Crippen molar-refractivity contribution in [2.24, 2.45) is 13.0 Å². The number of nitriles is 1. The predicted octanol–water partition coefficient (Wildman–Crippen LogP) is 0.526. The molecule has 1 fully saturated rings. The first-order valence-corrected chi connectivity index (χ1v) is 6.52. The fraction of sp³-hybridized carbons (Fsp3) is 0.615. The van der Waals surface area contributed by atoms with Crippen LogP contribution < -0.4 is 4.90 Å². The zero-order valence-electron chi connectivity index (χ0n) is 11.8. The molecule has 0 aromatic carbocycles. The molecule has 1 aliphatic heterocycles. The van der Waals surface area contributed by atoms with Crippen molar-refractivity contribution in [2.45, 2.75) is 19.9 Å². The second kappa shape index (κ2) is 5.51. The molecular weight excluding hydrogens is 260 g/mol. The Morgan fingerprint density at radius 2 is 2.35 bits per heavy atom. The minimum atomic E-state index is -0.872. The Hall–Kier alpha value is -2.07. The van der Waals surface area contributed by atoms with Crippen molar-refractivity contribution in [1.82, 2.24) is 9.78 Å². The molecule has 2 heterocycles. The number of aromatic nitrogens is 2. The molecule has 1 saturated heterocycles. The number of ether oxygens (including phenoxy) is 1. The average molecular weight is 278 g/mol. The summed E-state index contributed by atoms with van der Waals surface area (Å²) in [6.07, 6.45) is 0. The number of carboxylic acid groups (broad SMARTS) is 1. The molecule has 0 spiro atoms. The third kappa shape index (κ3) is 2.23. The molecule has 20 heavy (non-hydrogen) atoms. The Morgan fingerprint density at radius 3 is 2.90 bits per heavy atom. The lowest BCUT2D eigenvalue weighted by atomic mass is 10.0. The van der Waals surface area contributed by atoms with Crippen LogP contribution in [0.15, 0.2) is 0 Å². The molecule has 2 atom stereocenters. The normalized spacial score (nSPS) is 21.7. The number of nitrogens with zero attached hydrogens (tertiary/aromatic N) is 4. The fourth-order valence-corrected chi connectivity index (χ4v) is 2.73. The molecule has 0 aliphatic carbocycles. The maximum atomic E-state index is 11.3. The van der Waals surface area contributed by atoms with E-state index in [9.17, 15) is 15.2 Å². The largest absolute Gasteiger partial charge is 0.481 e. The molecular formula is C13H18N4O3. The van der Waals surface area contributed by atoms with E-state index in [0.29, 0.717) is 30.2 Å². The highest BCUT2D eigenvalue weighted by Crippen LogP contribution is 2.29. The van der Waals surface area contributed by atoms with Crippen LogP contribution >= 0.6 is 0 Å². The molecule has 1 N–H and O–H groups in total. The van der Waals surface area contributed by atoms with Crippen LogP contribution in [0.4, 0.5) is 5.82 Å². The van der Waals surface area contributed by atoms with Crippen LogP contribution in [0.5, 0.6) is 0 Å². The number of carbonyl (C=O) groups is 1. The number of aryl methyl sites for hydroxylation is 2. The Kier molecular flexibility index (Phi) is 3.95. The van der Waals surface area contributed by atoms with Gasteiger partial charge in [-0.2, -0.15) is 10.4 Å². The Labute approximate surface area is 117 Å². The molecule has 2 unspecified atom stereocenters. The van der Waals surface area contributed by atoms with E-state index >= 15 is 0 Å². The van der Waals surface area contributed by atoms with Crippen LogP contribution in [0.3, 0.4) is 0 Å². The lowest BCUT2D eigenvalue weighted by Crippen LogP contribution is -2.44. The summed E-state index contributed by atoms with van der Waals surface area (Å²) < 4.78 is 6.95. The van der Waals surface area contributed by atoms with E-state index in [1.54, 1.807) is 18.7 Å². The Morgan fingerprint density at radius 1 is 1.65 bits per heavy atom. The maximum absolute atomic E-state index is 11.3. The summed E-state index contributed by atoms with van der Waals surface area (Å²) >= 11 is 0. The van der Waals surface area contributed by atoms with Crippen molar-refractivity contribution >= 4 is 11.8 Å². The van der Waals surface area contributed by atoms with Gasteiger partial charge in [0, 0.05) is 13.6 Å². The number of aliphatic carboxylic acids is 1. The zero-order chi connectivity index (χ0) is 14.9. The van der Waals surface area contributed by atoms with Crippen molar-refractivity contribution in [3.8, 4) is 6.07 Å². The standard InChI is InChI=1S/C13H18N4O3/c1-4-17(11-7-20-6-10(11)13(18)19)12-9(5-14)8(2)15-16(12)3/h10-11H,4,6-7H2,1-3H3,(H,18,19). The second-order valence-corrected chi connectivity index (χ2v) is 4.85. The van der Waals surface area contributed by atoms with Gasteiger partial charge in [0.15, 0.2) is 0 Å². The SMILES string of the molecule is CCN(c1c(C#N)c(C)nn1C)C1COCC1C(=O)O. The van der Waals surface area contributed by atoms with Crippen molar-refractivity contribution in [2.75, 3.05) is 24.7 Å². The predicted molar refractivity (Wildman–Crippen MR) is 71.4 cm³/mol. The molecule has 7 heteroatoms. The van der Waals surface area contributed by atoms with Gasteiger partial charge in [-0.15, -0.1) is 0 Å². The topological polar surface area (TPSA) is 91.4 Å². The summed E-state index contributed by atoms with van der Waals surface area (Å²) in [5.41, 5.74) is 1.14. The van der Waals surface area contributed by atoms with Crippen molar-refractivity contribution in [3.63, 3.8) is 0 Å². The highest BCUT2D eigenvalue weighted by Gasteiger charge is 2.39. The van der Waals surface area contributed by atoms with Gasteiger partial charge < -0.3 is 14.7 Å². The highest BCUT2D eigenvalue weighted by molar-refractivity contribution is 5.73. The highest BCUT2D eigenvalue weighted by atomic mass is 16.5. The smallest absolute Gasteiger partial charge is 0.311 e. The summed E-state index contributed by atoms with van der Waals surface area (Å²) in [6, 6.07) is 1.88. The summed E-state index contributed by atoms with van der Waals surface area (Å²) in [4.78, 5) is 13.2. The third-order valence-electron chi connectivity index (χ3n) is 3.68. The zero-order valence-corrected chi connectivity index (χ0v) is 11.8. The van der Waals surface area contributed by atoms with Gasteiger partial charge in [-0.1, -0.05) is 0 Å². The Bertz CT molecular complexity index is 561. The van der Waals surface area contributed by atoms with Crippen molar-refractivity contribution in [3.05, 3.63) is 11.3 Å². The molecule has 2 rings (SSSR count). The summed E-state index contributed by atoms with van der Waals surface area (Å²) in [6.45, 7) is 4.84. The Balaban J connectivity index is 2.43. The minimum Gasteiger partial charge on any atom is -0.481 e. The number of likely N-dealkylation sites (N-methyl/N-ethyl adjacent to an activating group) is 1. The van der Waals surface area contributed by atoms with E-state index in [-0.39, 0.29) is 12.6 Å². The van der Waals surface area contributed by atoms with E-state index in [1.807, 2.05) is 11.8 Å². The molecule has 0 bridgehead atoms. The van der Waals surface area contributed by atoms with E-state index in [4.69, 9.17) is 4.74 Å².